The van der Waals surface area contributed by atoms with Crippen molar-refractivity contribution in [3.05, 3.63) is 35.9 Å². The van der Waals surface area contributed by atoms with Crippen molar-refractivity contribution < 1.29 is 32.5 Å². The molecule has 9 nitrogen and oxygen atoms in total. The number of ether oxygens (including phenoxy) is 3. The maximum atomic E-state index is 13.2. The smallest absolute Gasteiger partial charge is 0.332 e. The van der Waals surface area contributed by atoms with E-state index in [-0.39, 0.29) is 18.4 Å². The summed E-state index contributed by atoms with van der Waals surface area (Å²) in [5, 5.41) is 8.45. The second-order valence-corrected chi connectivity index (χ2v) is 9.07. The van der Waals surface area contributed by atoms with Crippen molar-refractivity contribution in [3.63, 3.8) is 0 Å². The molecule has 0 bridgehead atoms. The number of carboxylic acid groups (broad SMARTS) is 1. The summed E-state index contributed by atoms with van der Waals surface area (Å²) >= 11 is 0. The van der Waals surface area contributed by atoms with Gasteiger partial charge in [0.05, 0.1) is 43.4 Å². The summed E-state index contributed by atoms with van der Waals surface area (Å²) in [4.78, 5) is 13.9. The molecule has 2 saturated heterocycles. The molecule has 2 heterocycles. The van der Waals surface area contributed by atoms with Gasteiger partial charge in [-0.2, -0.15) is 0 Å². The number of rotatable bonds is 5. The third kappa shape index (κ3) is 4.11. The maximum Gasteiger partial charge on any atom is 0.332 e. The Labute approximate surface area is 169 Å². The Balaban J connectivity index is 1.62. The molecule has 1 aliphatic carbocycles. The first-order chi connectivity index (χ1) is 13.9. The van der Waals surface area contributed by atoms with Crippen molar-refractivity contribution in [1.82, 2.24) is 0 Å². The van der Waals surface area contributed by atoms with Gasteiger partial charge in [-0.15, -0.1) is 0 Å². The molecule has 1 unspecified atom stereocenters. The predicted molar refractivity (Wildman–Crippen MR) is 105 cm³/mol. The summed E-state index contributed by atoms with van der Waals surface area (Å²) in [5.41, 5.74) is 0.942. The van der Waals surface area contributed by atoms with Gasteiger partial charge in [0.1, 0.15) is 5.25 Å². The minimum absolute atomic E-state index is 0.0905. The van der Waals surface area contributed by atoms with Crippen LogP contribution in [0.4, 0.5) is 11.4 Å². The van der Waals surface area contributed by atoms with Gasteiger partial charge in [0, 0.05) is 19.5 Å². The Kier molecular flexibility index (Phi) is 5.52. The molecule has 4 rings (SSSR count). The zero-order chi connectivity index (χ0) is 20.5. The molecule has 1 aromatic carbocycles. The van der Waals surface area contributed by atoms with Crippen LogP contribution in [0.3, 0.4) is 0 Å². The zero-order valence-electron chi connectivity index (χ0n) is 15.9. The van der Waals surface area contributed by atoms with Crippen LogP contribution in [-0.2, 0) is 29.0 Å². The van der Waals surface area contributed by atoms with Crippen molar-refractivity contribution in [3.8, 4) is 0 Å². The van der Waals surface area contributed by atoms with Gasteiger partial charge in [-0.1, -0.05) is 12.1 Å². The second-order valence-electron chi connectivity index (χ2n) is 7.20. The molecule has 2 aliphatic heterocycles. The van der Waals surface area contributed by atoms with E-state index in [1.807, 2.05) is 17.0 Å². The summed E-state index contributed by atoms with van der Waals surface area (Å²) in [6.45, 7) is 3.15. The topological polar surface area (TPSA) is 114 Å². The van der Waals surface area contributed by atoms with Crippen LogP contribution in [0.2, 0.25) is 0 Å². The van der Waals surface area contributed by atoms with Crippen LogP contribution < -0.4 is 9.62 Å². The van der Waals surface area contributed by atoms with Gasteiger partial charge >= 0.3 is 5.97 Å². The lowest BCUT2D eigenvalue weighted by Crippen LogP contribution is -2.42. The van der Waals surface area contributed by atoms with Crippen molar-refractivity contribution in [2.45, 2.75) is 23.9 Å². The Morgan fingerprint density at radius 1 is 1.14 bits per heavy atom. The lowest BCUT2D eigenvalue weighted by molar-refractivity contribution is -0.138. The molecule has 158 valence electrons. The molecule has 1 spiro atoms. The second kappa shape index (κ2) is 7.94. The number of anilines is 2. The van der Waals surface area contributed by atoms with E-state index in [0.717, 1.165) is 5.69 Å². The van der Waals surface area contributed by atoms with Gasteiger partial charge in [0.15, 0.2) is 5.79 Å². The van der Waals surface area contributed by atoms with E-state index in [1.54, 1.807) is 12.1 Å². The lowest BCUT2D eigenvalue weighted by atomic mass is 9.94. The highest BCUT2D eigenvalue weighted by Gasteiger charge is 2.45. The van der Waals surface area contributed by atoms with Gasteiger partial charge in [-0.25, -0.2) is 13.2 Å². The first-order valence-corrected chi connectivity index (χ1v) is 11.1. The number of carbonyl (C=O) groups is 1. The molecule has 1 atom stereocenters. The summed E-state index contributed by atoms with van der Waals surface area (Å²) in [5.74, 6) is -2.43. The quantitative estimate of drug-likeness (QED) is 0.724. The SMILES string of the molecule is O=C(O)C1=CC2(CCC1S(=O)(=O)Nc1ccccc1N1CCOCC1)OCCO2. The molecule has 2 N–H and O–H groups in total. The molecule has 0 amide bonds. The first kappa shape index (κ1) is 20.1. The number of carboxylic acids is 1. The fourth-order valence-corrected chi connectivity index (χ4v) is 5.53. The molecule has 29 heavy (non-hydrogen) atoms. The summed E-state index contributed by atoms with van der Waals surface area (Å²) in [7, 11) is -4.01. The molecule has 0 saturated carbocycles. The number of aliphatic carboxylic acids is 1. The largest absolute Gasteiger partial charge is 0.478 e. The van der Waals surface area contributed by atoms with Crippen LogP contribution in [0.15, 0.2) is 35.9 Å². The maximum absolute atomic E-state index is 13.2. The minimum Gasteiger partial charge on any atom is -0.478 e. The van der Waals surface area contributed by atoms with Crippen LogP contribution in [0.25, 0.3) is 0 Å². The molecule has 2 fully saturated rings. The highest BCUT2D eigenvalue weighted by molar-refractivity contribution is 7.93. The number of nitrogens with zero attached hydrogens (tertiary/aromatic N) is 1. The first-order valence-electron chi connectivity index (χ1n) is 9.58. The highest BCUT2D eigenvalue weighted by Crippen LogP contribution is 2.38. The molecule has 10 heteroatoms. The molecule has 1 aromatic rings. The number of hydrogen-bond acceptors (Lipinski definition) is 7. The van der Waals surface area contributed by atoms with E-state index in [9.17, 15) is 18.3 Å². The van der Waals surface area contributed by atoms with Crippen LogP contribution in [0.1, 0.15) is 12.8 Å². The number of sulfonamides is 1. The average molecular weight is 424 g/mol. The molecular weight excluding hydrogens is 400 g/mol. The average Bonchev–Trinajstić information content (AvgIpc) is 3.16. The Bertz CT molecular complexity index is 903. The van der Waals surface area contributed by atoms with Gasteiger partial charge in [-0.05, 0) is 24.6 Å². The van der Waals surface area contributed by atoms with Crippen molar-refractivity contribution in [2.75, 3.05) is 49.1 Å². The normalized spacial score (nSPS) is 24.3. The fraction of sp³-hybridized carbons (Fsp3) is 0.526. The number of nitrogens with one attached hydrogen (secondary N) is 1. The summed E-state index contributed by atoms with van der Waals surface area (Å²) in [6, 6.07) is 7.10. The van der Waals surface area contributed by atoms with E-state index < -0.39 is 27.0 Å². The zero-order valence-corrected chi connectivity index (χ0v) is 16.7. The van der Waals surface area contributed by atoms with Gasteiger partial charge in [0.25, 0.3) is 0 Å². The Morgan fingerprint density at radius 3 is 2.52 bits per heavy atom. The molecule has 0 aromatic heterocycles. The van der Waals surface area contributed by atoms with Gasteiger partial charge in [0.2, 0.25) is 10.0 Å². The number of morpholine rings is 1. The van der Waals surface area contributed by atoms with E-state index in [0.29, 0.717) is 45.2 Å². The van der Waals surface area contributed by atoms with E-state index >= 15 is 0 Å². The molecular formula is C19H24N2O7S. The highest BCUT2D eigenvalue weighted by atomic mass is 32.2. The van der Waals surface area contributed by atoms with Gasteiger partial charge < -0.3 is 24.2 Å². The number of benzene rings is 1. The fourth-order valence-electron chi connectivity index (χ4n) is 3.97. The van der Waals surface area contributed by atoms with Crippen molar-refractivity contribution >= 4 is 27.4 Å². The third-order valence-corrected chi connectivity index (χ3v) is 7.13. The standard InChI is InChI=1S/C19H24N2O7S/c22-18(23)14-13-19(27-11-12-28-19)6-5-17(14)29(24,25)20-15-3-1-2-4-16(15)21-7-9-26-10-8-21/h1-4,13,17,20H,5-12H2,(H,22,23). The van der Waals surface area contributed by atoms with Gasteiger partial charge in [-0.3, -0.25) is 4.72 Å². The molecule has 0 radical (unpaired) electrons. The monoisotopic (exact) mass is 424 g/mol. The van der Waals surface area contributed by atoms with Crippen molar-refractivity contribution in [2.24, 2.45) is 0 Å². The third-order valence-electron chi connectivity index (χ3n) is 5.38. The van der Waals surface area contributed by atoms with Crippen LogP contribution in [0.5, 0.6) is 0 Å². The summed E-state index contributed by atoms with van der Waals surface area (Å²) < 4.78 is 45.4. The number of para-hydroxylation sites is 2. The van der Waals surface area contributed by atoms with Crippen LogP contribution in [-0.4, -0.2) is 70.0 Å². The number of hydrogen-bond donors (Lipinski definition) is 2. The van der Waals surface area contributed by atoms with Crippen LogP contribution >= 0.6 is 0 Å². The summed E-state index contributed by atoms with van der Waals surface area (Å²) in [6.07, 6.45) is 1.68. The van der Waals surface area contributed by atoms with E-state index in [1.165, 1.54) is 6.08 Å². The lowest BCUT2D eigenvalue weighted by Gasteiger charge is -2.33. The minimum atomic E-state index is -4.01. The van der Waals surface area contributed by atoms with Crippen LogP contribution in [0, 0.1) is 0 Å². The van der Waals surface area contributed by atoms with E-state index in [2.05, 4.69) is 4.72 Å². The molecule has 3 aliphatic rings. The Morgan fingerprint density at radius 2 is 1.83 bits per heavy atom. The van der Waals surface area contributed by atoms with E-state index in [4.69, 9.17) is 14.2 Å². The van der Waals surface area contributed by atoms with Crippen molar-refractivity contribution in [1.29, 1.82) is 0 Å². The predicted octanol–water partition coefficient (Wildman–Crippen LogP) is 1.18. The Hall–Kier alpha value is -2.14.